The van der Waals surface area contributed by atoms with E-state index in [1.807, 2.05) is 0 Å². The lowest BCUT2D eigenvalue weighted by atomic mass is 10.2. The van der Waals surface area contributed by atoms with Crippen molar-refractivity contribution in [3.05, 3.63) is 53.6 Å². The molecule has 3 N–H and O–H groups in total. The highest BCUT2D eigenvalue weighted by Crippen LogP contribution is 2.30. The fourth-order valence-corrected chi connectivity index (χ4v) is 2.20. The quantitative estimate of drug-likeness (QED) is 0.700. The van der Waals surface area contributed by atoms with Gasteiger partial charge in [-0.3, -0.25) is 9.59 Å². The number of alkyl halides is 3. The van der Waals surface area contributed by atoms with Crippen LogP contribution < -0.4 is 15.9 Å². The minimum absolute atomic E-state index is 0.0246. The van der Waals surface area contributed by atoms with Crippen molar-refractivity contribution in [2.24, 2.45) is 5.73 Å². The van der Waals surface area contributed by atoms with Gasteiger partial charge in [-0.2, -0.15) is 13.2 Å². The normalized spacial score (nSPS) is 11.4. The Morgan fingerprint density at radius 2 is 1.85 bits per heavy atom. The molecule has 0 radical (unpaired) electrons. The molecule has 8 nitrogen and oxygen atoms in total. The van der Waals surface area contributed by atoms with Gasteiger partial charge in [0.05, 0.1) is 5.56 Å². The SMILES string of the molecule is NC(=O)c1ccc(NC(=O)COn2nnc3ccc(C(F)(F)F)cc32)cc1. The molecule has 0 spiro atoms. The van der Waals surface area contributed by atoms with E-state index in [9.17, 15) is 22.8 Å². The van der Waals surface area contributed by atoms with E-state index in [2.05, 4.69) is 15.6 Å². The van der Waals surface area contributed by atoms with E-state index >= 15 is 0 Å². The lowest BCUT2D eigenvalue weighted by molar-refractivity contribution is -0.137. The van der Waals surface area contributed by atoms with Gasteiger partial charge in [0.2, 0.25) is 5.91 Å². The first-order valence-electron chi connectivity index (χ1n) is 7.50. The number of hydrogen-bond acceptors (Lipinski definition) is 5. The number of aromatic nitrogens is 3. The molecule has 0 aliphatic rings. The molecule has 1 aromatic heterocycles. The van der Waals surface area contributed by atoms with Crippen molar-refractivity contribution in [2.75, 3.05) is 11.9 Å². The van der Waals surface area contributed by atoms with Gasteiger partial charge in [0, 0.05) is 11.3 Å². The molecule has 27 heavy (non-hydrogen) atoms. The van der Waals surface area contributed by atoms with Crippen LogP contribution in [0.15, 0.2) is 42.5 Å². The molecule has 3 aromatic rings. The highest BCUT2D eigenvalue weighted by atomic mass is 19.4. The summed E-state index contributed by atoms with van der Waals surface area (Å²) in [7, 11) is 0. The summed E-state index contributed by atoms with van der Waals surface area (Å²) in [6, 6.07) is 8.67. The number of halogens is 3. The van der Waals surface area contributed by atoms with E-state index < -0.39 is 30.2 Å². The lowest BCUT2D eigenvalue weighted by Crippen LogP contribution is -2.26. The fraction of sp³-hybridized carbons (Fsp3) is 0.125. The van der Waals surface area contributed by atoms with Gasteiger partial charge in [0.1, 0.15) is 11.0 Å². The summed E-state index contributed by atoms with van der Waals surface area (Å²) in [6.45, 7) is -0.522. The maximum Gasteiger partial charge on any atom is 0.416 e. The van der Waals surface area contributed by atoms with E-state index in [4.69, 9.17) is 10.6 Å². The van der Waals surface area contributed by atoms with Crippen LogP contribution in [0.2, 0.25) is 0 Å². The molecule has 140 valence electrons. The van der Waals surface area contributed by atoms with Crippen molar-refractivity contribution in [1.82, 2.24) is 15.2 Å². The smallest absolute Gasteiger partial charge is 0.385 e. The van der Waals surface area contributed by atoms with Crippen LogP contribution in [0.25, 0.3) is 11.0 Å². The van der Waals surface area contributed by atoms with Crippen LogP contribution in [0, 0.1) is 0 Å². The summed E-state index contributed by atoms with van der Waals surface area (Å²) in [5, 5.41) is 9.75. The molecule has 0 fully saturated rings. The Kier molecular flexibility index (Phi) is 4.67. The van der Waals surface area contributed by atoms with Gasteiger partial charge >= 0.3 is 6.18 Å². The van der Waals surface area contributed by atoms with Crippen molar-refractivity contribution >= 4 is 28.5 Å². The average Bonchev–Trinajstić information content (AvgIpc) is 3.02. The van der Waals surface area contributed by atoms with Crippen molar-refractivity contribution in [3.63, 3.8) is 0 Å². The monoisotopic (exact) mass is 379 g/mol. The standard InChI is InChI=1S/C16H12F3N5O3/c17-16(18,19)10-3-6-12-13(7-10)24(23-22-12)27-8-14(25)21-11-4-1-9(2-5-11)15(20)26/h1-7H,8H2,(H2,20,26)(H,21,25). The second-order valence-corrected chi connectivity index (χ2v) is 5.43. The van der Waals surface area contributed by atoms with Crippen LogP contribution in [0.1, 0.15) is 15.9 Å². The number of rotatable bonds is 5. The van der Waals surface area contributed by atoms with Gasteiger partial charge in [-0.15, -0.1) is 5.10 Å². The third kappa shape index (κ3) is 4.14. The Labute approximate surface area is 149 Å². The van der Waals surface area contributed by atoms with Crippen LogP contribution in [0.3, 0.4) is 0 Å². The molecule has 2 amide bonds. The number of anilines is 1. The number of hydrogen-bond donors (Lipinski definition) is 2. The van der Waals surface area contributed by atoms with Gasteiger partial charge < -0.3 is 15.9 Å². The van der Waals surface area contributed by atoms with Crippen LogP contribution in [0.4, 0.5) is 18.9 Å². The lowest BCUT2D eigenvalue weighted by Gasteiger charge is -2.09. The average molecular weight is 379 g/mol. The van der Waals surface area contributed by atoms with Crippen LogP contribution in [-0.4, -0.2) is 33.6 Å². The van der Waals surface area contributed by atoms with Gasteiger partial charge in [-0.05, 0) is 47.7 Å². The van der Waals surface area contributed by atoms with Crippen LogP contribution in [-0.2, 0) is 11.0 Å². The predicted octanol–water partition coefficient (Wildman–Crippen LogP) is 1.62. The summed E-state index contributed by atoms with van der Waals surface area (Å²) in [6.07, 6.45) is -4.53. The zero-order chi connectivity index (χ0) is 19.6. The second-order valence-electron chi connectivity index (χ2n) is 5.43. The minimum atomic E-state index is -4.53. The van der Waals surface area contributed by atoms with Crippen molar-refractivity contribution in [3.8, 4) is 0 Å². The summed E-state index contributed by atoms with van der Waals surface area (Å²) in [5.74, 6) is -1.19. The van der Waals surface area contributed by atoms with Crippen LogP contribution >= 0.6 is 0 Å². The number of nitrogens with two attached hydrogens (primary N) is 1. The zero-order valence-corrected chi connectivity index (χ0v) is 13.5. The van der Waals surface area contributed by atoms with E-state index in [0.29, 0.717) is 5.69 Å². The van der Waals surface area contributed by atoms with Crippen molar-refractivity contribution in [1.29, 1.82) is 0 Å². The molecule has 0 atom stereocenters. The number of nitrogens with one attached hydrogen (secondary N) is 1. The van der Waals surface area contributed by atoms with Gasteiger partial charge in [0.25, 0.3) is 5.91 Å². The first-order valence-corrected chi connectivity index (χ1v) is 7.50. The number of amides is 2. The Morgan fingerprint density at radius 1 is 1.15 bits per heavy atom. The van der Waals surface area contributed by atoms with E-state index in [0.717, 1.165) is 23.0 Å². The highest BCUT2D eigenvalue weighted by molar-refractivity contribution is 5.95. The molecule has 3 rings (SSSR count). The molecule has 2 aromatic carbocycles. The molecule has 0 aliphatic heterocycles. The van der Waals surface area contributed by atoms with E-state index in [1.165, 1.54) is 24.3 Å². The minimum Gasteiger partial charge on any atom is -0.385 e. The largest absolute Gasteiger partial charge is 0.416 e. The van der Waals surface area contributed by atoms with Crippen molar-refractivity contribution < 1.29 is 27.6 Å². The summed E-state index contributed by atoms with van der Waals surface area (Å²) in [4.78, 5) is 28.8. The maximum atomic E-state index is 12.8. The Bertz CT molecular complexity index is 999. The molecule has 1 heterocycles. The van der Waals surface area contributed by atoms with Gasteiger partial charge in [0.15, 0.2) is 6.61 Å². The first kappa shape index (κ1) is 18.2. The molecule has 0 saturated heterocycles. The second kappa shape index (κ2) is 6.94. The number of carbonyl (C=O) groups is 2. The number of carbonyl (C=O) groups excluding carboxylic acids is 2. The zero-order valence-electron chi connectivity index (χ0n) is 13.5. The molecular weight excluding hydrogens is 367 g/mol. The maximum absolute atomic E-state index is 12.8. The Hall–Kier alpha value is -3.63. The fourth-order valence-electron chi connectivity index (χ4n) is 2.20. The number of fused-ring (bicyclic) bond motifs is 1. The first-order chi connectivity index (χ1) is 12.7. The van der Waals surface area contributed by atoms with Crippen molar-refractivity contribution in [2.45, 2.75) is 6.18 Å². The van der Waals surface area contributed by atoms with Gasteiger partial charge in [-0.1, -0.05) is 4.85 Å². The molecule has 0 aliphatic carbocycles. The molecule has 0 bridgehead atoms. The number of primary amides is 1. The molecule has 0 unspecified atom stereocenters. The Morgan fingerprint density at radius 3 is 2.48 bits per heavy atom. The number of benzene rings is 2. The number of nitrogens with zero attached hydrogens (tertiary/aromatic N) is 3. The molecular formula is C16H12F3N5O3. The van der Waals surface area contributed by atoms with Gasteiger partial charge in [-0.25, -0.2) is 0 Å². The molecule has 0 saturated carbocycles. The summed E-state index contributed by atoms with van der Waals surface area (Å²) < 4.78 is 38.4. The third-order valence-corrected chi connectivity index (χ3v) is 3.51. The predicted molar refractivity (Wildman–Crippen MR) is 87.6 cm³/mol. The van der Waals surface area contributed by atoms with Crippen LogP contribution in [0.5, 0.6) is 0 Å². The Balaban J connectivity index is 1.67. The summed E-state index contributed by atoms with van der Waals surface area (Å²) >= 11 is 0. The van der Waals surface area contributed by atoms with E-state index in [1.54, 1.807) is 0 Å². The molecule has 11 heteroatoms. The third-order valence-electron chi connectivity index (χ3n) is 3.51. The topological polar surface area (TPSA) is 112 Å². The summed E-state index contributed by atoms with van der Waals surface area (Å²) in [5.41, 5.74) is 5.05. The van der Waals surface area contributed by atoms with E-state index in [-0.39, 0.29) is 16.6 Å². The highest BCUT2D eigenvalue weighted by Gasteiger charge is 2.31.